The van der Waals surface area contributed by atoms with E-state index in [1.165, 1.54) is 0 Å². The maximum atomic E-state index is 12.3. The summed E-state index contributed by atoms with van der Waals surface area (Å²) in [4.78, 5) is 14.1. The van der Waals surface area contributed by atoms with E-state index in [-0.39, 0.29) is 17.7 Å². The van der Waals surface area contributed by atoms with Crippen LogP contribution < -0.4 is 0 Å². The molecule has 22 heavy (non-hydrogen) atoms. The SMILES string of the molecule is Cc1cc(C(=O)N2CCC(c3nnc(C(C)C)o3)CC2)no1. The number of carbonyl (C=O) groups excluding carboxylic acids is 1. The van der Waals surface area contributed by atoms with Crippen LogP contribution in [-0.2, 0) is 0 Å². The topological polar surface area (TPSA) is 85.3 Å². The van der Waals surface area contributed by atoms with Gasteiger partial charge in [-0.05, 0) is 19.8 Å². The van der Waals surface area contributed by atoms with Gasteiger partial charge in [0.25, 0.3) is 5.91 Å². The molecule has 0 radical (unpaired) electrons. The van der Waals surface area contributed by atoms with Crippen molar-refractivity contribution in [3.8, 4) is 0 Å². The molecule has 7 heteroatoms. The maximum Gasteiger partial charge on any atom is 0.276 e. The van der Waals surface area contributed by atoms with Crippen molar-refractivity contribution >= 4 is 5.91 Å². The molecule has 118 valence electrons. The van der Waals surface area contributed by atoms with E-state index in [4.69, 9.17) is 8.94 Å². The molecular weight excluding hydrogens is 284 g/mol. The minimum Gasteiger partial charge on any atom is -0.425 e. The van der Waals surface area contributed by atoms with Crippen LogP contribution in [0.5, 0.6) is 0 Å². The van der Waals surface area contributed by atoms with E-state index in [0.717, 1.165) is 12.8 Å². The molecule has 0 N–H and O–H groups in total. The summed E-state index contributed by atoms with van der Waals surface area (Å²) in [6, 6.07) is 1.67. The summed E-state index contributed by atoms with van der Waals surface area (Å²) in [5.74, 6) is 2.38. The number of aryl methyl sites for hydroxylation is 1. The smallest absolute Gasteiger partial charge is 0.276 e. The van der Waals surface area contributed by atoms with E-state index >= 15 is 0 Å². The molecular formula is C15H20N4O3. The molecule has 1 aliphatic rings. The van der Waals surface area contributed by atoms with Crippen LogP contribution in [0, 0.1) is 6.92 Å². The summed E-state index contributed by atoms with van der Waals surface area (Å²) >= 11 is 0. The lowest BCUT2D eigenvalue weighted by atomic mass is 9.96. The van der Waals surface area contributed by atoms with Gasteiger partial charge in [-0.2, -0.15) is 0 Å². The molecule has 3 rings (SSSR count). The highest BCUT2D eigenvalue weighted by molar-refractivity contribution is 5.92. The molecule has 1 fully saturated rings. The van der Waals surface area contributed by atoms with Gasteiger partial charge in [0.2, 0.25) is 11.8 Å². The second-order valence-corrected chi connectivity index (χ2v) is 6.02. The molecule has 7 nitrogen and oxygen atoms in total. The summed E-state index contributed by atoms with van der Waals surface area (Å²) in [5, 5.41) is 12.0. The number of nitrogens with zero attached hydrogens (tertiary/aromatic N) is 4. The lowest BCUT2D eigenvalue weighted by Crippen LogP contribution is -2.38. The number of amides is 1. The Morgan fingerprint density at radius 2 is 2.05 bits per heavy atom. The third-order valence-corrected chi connectivity index (χ3v) is 3.93. The van der Waals surface area contributed by atoms with Gasteiger partial charge in [0, 0.05) is 31.0 Å². The Balaban J connectivity index is 1.61. The lowest BCUT2D eigenvalue weighted by molar-refractivity contribution is 0.0695. The number of hydrogen-bond donors (Lipinski definition) is 0. The molecule has 3 heterocycles. The number of piperidine rings is 1. The zero-order valence-corrected chi connectivity index (χ0v) is 13.1. The molecule has 0 unspecified atom stereocenters. The zero-order chi connectivity index (χ0) is 15.7. The highest BCUT2D eigenvalue weighted by Gasteiger charge is 2.29. The fourth-order valence-electron chi connectivity index (χ4n) is 2.60. The average molecular weight is 304 g/mol. The van der Waals surface area contributed by atoms with Crippen LogP contribution in [0.1, 0.15) is 66.6 Å². The molecule has 0 atom stereocenters. The van der Waals surface area contributed by atoms with Crippen molar-refractivity contribution in [2.24, 2.45) is 0 Å². The van der Waals surface area contributed by atoms with Gasteiger partial charge in [-0.15, -0.1) is 10.2 Å². The molecule has 0 aliphatic carbocycles. The molecule has 0 aromatic carbocycles. The Labute approximate surface area is 128 Å². The summed E-state index contributed by atoms with van der Waals surface area (Å²) in [6.07, 6.45) is 1.64. The zero-order valence-electron chi connectivity index (χ0n) is 13.1. The first-order chi connectivity index (χ1) is 10.5. The average Bonchev–Trinajstić information content (AvgIpc) is 3.16. The second kappa shape index (κ2) is 5.90. The first kappa shape index (κ1) is 14.7. The van der Waals surface area contributed by atoms with Gasteiger partial charge >= 0.3 is 0 Å². The van der Waals surface area contributed by atoms with Crippen molar-refractivity contribution in [3.63, 3.8) is 0 Å². The summed E-state index contributed by atoms with van der Waals surface area (Å²) in [7, 11) is 0. The van der Waals surface area contributed by atoms with Gasteiger partial charge in [-0.3, -0.25) is 4.79 Å². The minimum absolute atomic E-state index is 0.0799. The Kier molecular flexibility index (Phi) is 3.96. The second-order valence-electron chi connectivity index (χ2n) is 6.02. The predicted molar refractivity (Wildman–Crippen MR) is 77.5 cm³/mol. The van der Waals surface area contributed by atoms with Crippen LogP contribution in [0.3, 0.4) is 0 Å². The van der Waals surface area contributed by atoms with Crippen molar-refractivity contribution in [1.82, 2.24) is 20.3 Å². The standard InChI is InChI=1S/C15H20N4O3/c1-9(2)13-16-17-14(21-13)11-4-6-19(7-5-11)15(20)12-8-10(3)22-18-12/h8-9,11H,4-7H2,1-3H3. The summed E-state index contributed by atoms with van der Waals surface area (Å²) in [6.45, 7) is 7.15. The first-order valence-corrected chi connectivity index (χ1v) is 7.60. The molecule has 2 aromatic heterocycles. The van der Waals surface area contributed by atoms with E-state index in [1.807, 2.05) is 13.8 Å². The van der Waals surface area contributed by atoms with Gasteiger partial charge in [0.15, 0.2) is 5.69 Å². The Bertz CT molecular complexity index is 653. The van der Waals surface area contributed by atoms with Crippen molar-refractivity contribution < 1.29 is 13.7 Å². The van der Waals surface area contributed by atoms with E-state index < -0.39 is 0 Å². The van der Waals surface area contributed by atoms with Crippen molar-refractivity contribution in [2.45, 2.75) is 45.4 Å². The highest BCUT2D eigenvalue weighted by atomic mass is 16.5. The van der Waals surface area contributed by atoms with Crippen LogP contribution >= 0.6 is 0 Å². The molecule has 1 saturated heterocycles. The molecule has 1 aliphatic heterocycles. The predicted octanol–water partition coefficient (Wildman–Crippen LogP) is 2.51. The molecule has 2 aromatic rings. The normalized spacial score (nSPS) is 16.5. The van der Waals surface area contributed by atoms with E-state index in [9.17, 15) is 4.79 Å². The van der Waals surface area contributed by atoms with Gasteiger partial charge in [0.05, 0.1) is 0 Å². The summed E-state index contributed by atoms with van der Waals surface area (Å²) < 4.78 is 10.7. The van der Waals surface area contributed by atoms with E-state index in [2.05, 4.69) is 15.4 Å². The quantitative estimate of drug-likeness (QED) is 0.866. The van der Waals surface area contributed by atoms with Crippen LogP contribution in [0.2, 0.25) is 0 Å². The van der Waals surface area contributed by atoms with E-state index in [0.29, 0.717) is 36.3 Å². The Morgan fingerprint density at radius 1 is 1.32 bits per heavy atom. The lowest BCUT2D eigenvalue weighted by Gasteiger charge is -2.29. The van der Waals surface area contributed by atoms with Crippen LogP contribution in [0.25, 0.3) is 0 Å². The highest BCUT2D eigenvalue weighted by Crippen LogP contribution is 2.28. The third-order valence-electron chi connectivity index (χ3n) is 3.93. The number of rotatable bonds is 3. The number of aromatic nitrogens is 3. The number of hydrogen-bond acceptors (Lipinski definition) is 6. The fraction of sp³-hybridized carbons (Fsp3) is 0.600. The fourth-order valence-corrected chi connectivity index (χ4v) is 2.60. The molecule has 0 saturated carbocycles. The Hall–Kier alpha value is -2.18. The van der Waals surface area contributed by atoms with Crippen molar-refractivity contribution in [3.05, 3.63) is 29.3 Å². The largest absolute Gasteiger partial charge is 0.425 e. The van der Waals surface area contributed by atoms with Gasteiger partial charge < -0.3 is 13.8 Å². The van der Waals surface area contributed by atoms with E-state index in [1.54, 1.807) is 17.9 Å². The number of likely N-dealkylation sites (tertiary alicyclic amines) is 1. The minimum atomic E-state index is -0.0799. The number of carbonyl (C=O) groups is 1. The van der Waals surface area contributed by atoms with Gasteiger partial charge in [-0.1, -0.05) is 19.0 Å². The summed E-state index contributed by atoms with van der Waals surface area (Å²) in [5.41, 5.74) is 0.371. The maximum absolute atomic E-state index is 12.3. The third kappa shape index (κ3) is 2.88. The van der Waals surface area contributed by atoms with Gasteiger partial charge in [0.1, 0.15) is 5.76 Å². The molecule has 0 spiro atoms. The van der Waals surface area contributed by atoms with Crippen molar-refractivity contribution in [1.29, 1.82) is 0 Å². The first-order valence-electron chi connectivity index (χ1n) is 7.60. The molecule has 1 amide bonds. The van der Waals surface area contributed by atoms with Crippen LogP contribution in [0.15, 0.2) is 15.0 Å². The molecule has 0 bridgehead atoms. The monoisotopic (exact) mass is 304 g/mol. The van der Waals surface area contributed by atoms with Gasteiger partial charge in [-0.25, -0.2) is 0 Å². The van der Waals surface area contributed by atoms with Crippen LogP contribution in [-0.4, -0.2) is 39.3 Å². The van der Waals surface area contributed by atoms with Crippen LogP contribution in [0.4, 0.5) is 0 Å². The van der Waals surface area contributed by atoms with Crippen molar-refractivity contribution in [2.75, 3.05) is 13.1 Å². The Morgan fingerprint density at radius 3 is 2.59 bits per heavy atom.